The molecule has 0 unspecified atom stereocenters. The van der Waals surface area contributed by atoms with Gasteiger partial charge in [-0.25, -0.2) is 9.67 Å². The normalized spacial score (nSPS) is 11.1. The van der Waals surface area contributed by atoms with E-state index in [1.165, 1.54) is 10.7 Å². The maximum absolute atomic E-state index is 12.5. The Hall–Kier alpha value is -3.50. The largest absolute Gasteiger partial charge is 0.369 e. The molecule has 174 valence electrons. The number of para-hydroxylation sites is 2. The van der Waals surface area contributed by atoms with Gasteiger partial charge in [-0.1, -0.05) is 48.0 Å². The molecule has 9 heteroatoms. The van der Waals surface area contributed by atoms with Gasteiger partial charge < -0.3 is 10.3 Å². The molecule has 0 atom stereocenters. The summed E-state index contributed by atoms with van der Waals surface area (Å²) < 4.78 is 3.25. The topological polar surface area (TPSA) is 95.8 Å². The van der Waals surface area contributed by atoms with Crippen molar-refractivity contribution in [3.8, 4) is 11.3 Å². The van der Waals surface area contributed by atoms with Crippen molar-refractivity contribution in [1.29, 1.82) is 0 Å². The smallest absolute Gasteiger partial charge is 0.267 e. The molecule has 0 radical (unpaired) electrons. The number of fused-ring (bicyclic) bond motifs is 1. The molecule has 0 aliphatic heterocycles. The first-order valence-electron chi connectivity index (χ1n) is 10.8. The molecular formula is C26H19ClIN5O2. The zero-order valence-electron chi connectivity index (χ0n) is 18.4. The highest BCUT2D eigenvalue weighted by atomic mass is 127. The van der Waals surface area contributed by atoms with Crippen LogP contribution in [0.25, 0.3) is 22.3 Å². The summed E-state index contributed by atoms with van der Waals surface area (Å²) in [5.74, 6) is 0.432. The number of imidazole rings is 1. The van der Waals surface area contributed by atoms with Gasteiger partial charge in [-0.2, -0.15) is 5.10 Å². The van der Waals surface area contributed by atoms with Gasteiger partial charge in [-0.05, 0) is 47.5 Å². The van der Waals surface area contributed by atoms with Crippen LogP contribution in [0.15, 0.2) is 83.7 Å². The fourth-order valence-corrected chi connectivity index (χ4v) is 4.53. The number of nitrogen functional groups attached to an aromatic ring is 1. The monoisotopic (exact) mass is 595 g/mol. The lowest BCUT2D eigenvalue weighted by atomic mass is 10.1. The van der Waals surface area contributed by atoms with Crippen LogP contribution in [0.2, 0.25) is 5.02 Å². The van der Waals surface area contributed by atoms with Crippen LogP contribution in [-0.4, -0.2) is 23.1 Å². The Morgan fingerprint density at radius 1 is 0.943 bits per heavy atom. The Balaban J connectivity index is 1.49. The second-order valence-electron chi connectivity index (χ2n) is 8.05. The van der Waals surface area contributed by atoms with Crippen LogP contribution >= 0.6 is 34.2 Å². The standard InChI is InChI=1S/C26H19ClIN5O2/c27-20-9-8-17(14-32-23-7-2-1-6-22(23)30-26(32)29)13-19(20)21-10-11-24(34)33(31-21)15-16-4-3-5-18(12-16)25(28)35/h1-13H,14-15H2,(H2,29,30). The van der Waals surface area contributed by atoms with E-state index in [-0.39, 0.29) is 15.9 Å². The number of benzene rings is 3. The molecule has 5 aromatic rings. The molecule has 5 rings (SSSR count). The molecular weight excluding hydrogens is 577 g/mol. The number of carbonyl (C=O) groups excluding carboxylic acids is 1. The number of halogens is 2. The Morgan fingerprint density at radius 2 is 1.74 bits per heavy atom. The molecule has 7 nitrogen and oxygen atoms in total. The fraction of sp³-hybridized carbons (Fsp3) is 0.0769. The van der Waals surface area contributed by atoms with E-state index >= 15 is 0 Å². The molecule has 0 bridgehead atoms. The number of nitrogens with two attached hydrogens (primary N) is 1. The number of rotatable bonds is 6. The lowest BCUT2D eigenvalue weighted by Crippen LogP contribution is -2.23. The summed E-state index contributed by atoms with van der Waals surface area (Å²) in [6.45, 7) is 0.743. The molecule has 0 amide bonds. The first-order chi connectivity index (χ1) is 16.9. The van der Waals surface area contributed by atoms with E-state index in [1.807, 2.05) is 53.1 Å². The van der Waals surface area contributed by atoms with Crippen molar-refractivity contribution in [1.82, 2.24) is 19.3 Å². The minimum Gasteiger partial charge on any atom is -0.369 e. The molecule has 0 spiro atoms. The van der Waals surface area contributed by atoms with Gasteiger partial charge in [0.05, 0.1) is 34.8 Å². The van der Waals surface area contributed by atoms with E-state index < -0.39 is 0 Å². The number of hydrogen-bond acceptors (Lipinski definition) is 5. The van der Waals surface area contributed by atoms with E-state index in [0.717, 1.165) is 22.2 Å². The minimum atomic E-state index is -0.245. The first kappa shape index (κ1) is 23.3. The molecule has 0 fully saturated rings. The Bertz CT molecular complexity index is 1640. The van der Waals surface area contributed by atoms with Gasteiger partial charge >= 0.3 is 0 Å². The number of aromatic nitrogens is 4. The lowest BCUT2D eigenvalue weighted by molar-refractivity contribution is 0.110. The van der Waals surface area contributed by atoms with Gasteiger partial charge in [0.1, 0.15) is 0 Å². The lowest BCUT2D eigenvalue weighted by Gasteiger charge is -2.12. The number of anilines is 1. The molecule has 0 aliphatic rings. The summed E-state index contributed by atoms with van der Waals surface area (Å²) in [5, 5.41) is 5.09. The van der Waals surface area contributed by atoms with Crippen LogP contribution in [-0.2, 0) is 13.1 Å². The Kier molecular flexibility index (Phi) is 6.40. The van der Waals surface area contributed by atoms with E-state index in [1.54, 1.807) is 46.9 Å². The highest BCUT2D eigenvalue weighted by Gasteiger charge is 2.13. The van der Waals surface area contributed by atoms with E-state index in [9.17, 15) is 9.59 Å². The Labute approximate surface area is 219 Å². The van der Waals surface area contributed by atoms with Crippen LogP contribution in [0.3, 0.4) is 0 Å². The maximum atomic E-state index is 12.5. The van der Waals surface area contributed by atoms with Crippen LogP contribution in [0.5, 0.6) is 0 Å². The second kappa shape index (κ2) is 9.63. The average molecular weight is 596 g/mol. The SMILES string of the molecule is Nc1nc2ccccc2n1Cc1ccc(Cl)c(-c2ccc(=O)n(Cc3cccc(C(=O)I)c3)n2)c1. The summed E-state index contributed by atoms with van der Waals surface area (Å²) in [6, 6.07) is 23.8. The summed E-state index contributed by atoms with van der Waals surface area (Å²) in [5.41, 5.74) is 11.3. The highest BCUT2D eigenvalue weighted by Crippen LogP contribution is 2.28. The van der Waals surface area contributed by atoms with Crippen LogP contribution in [0.4, 0.5) is 5.95 Å². The van der Waals surface area contributed by atoms with Crippen LogP contribution in [0.1, 0.15) is 21.5 Å². The summed E-state index contributed by atoms with van der Waals surface area (Å²) in [7, 11) is 0. The van der Waals surface area contributed by atoms with Crippen molar-refractivity contribution in [3.63, 3.8) is 0 Å². The van der Waals surface area contributed by atoms with E-state index in [0.29, 0.717) is 34.3 Å². The summed E-state index contributed by atoms with van der Waals surface area (Å²) >= 11 is 8.28. The van der Waals surface area contributed by atoms with Crippen molar-refractivity contribution in [2.45, 2.75) is 13.1 Å². The Morgan fingerprint density at radius 3 is 2.57 bits per heavy atom. The predicted octanol–water partition coefficient (Wildman–Crippen LogP) is 5.17. The van der Waals surface area contributed by atoms with E-state index in [2.05, 4.69) is 10.1 Å². The fourth-order valence-electron chi connectivity index (χ4n) is 3.98. The number of nitrogens with zero attached hydrogens (tertiary/aromatic N) is 4. The van der Waals surface area contributed by atoms with Gasteiger partial charge in [0.15, 0.2) is 0 Å². The van der Waals surface area contributed by atoms with E-state index in [4.69, 9.17) is 17.3 Å². The first-order valence-corrected chi connectivity index (χ1v) is 12.2. The van der Waals surface area contributed by atoms with Crippen molar-refractivity contribution in [2.24, 2.45) is 0 Å². The highest BCUT2D eigenvalue weighted by molar-refractivity contribution is 14.1. The van der Waals surface area contributed by atoms with Crippen molar-refractivity contribution >= 4 is 55.0 Å². The molecule has 3 aromatic carbocycles. The molecule has 0 aliphatic carbocycles. The van der Waals surface area contributed by atoms with Crippen LogP contribution in [0, 0.1) is 0 Å². The third kappa shape index (κ3) is 4.85. The molecule has 35 heavy (non-hydrogen) atoms. The summed E-state index contributed by atoms with van der Waals surface area (Å²) in [6.07, 6.45) is 0. The molecule has 2 heterocycles. The van der Waals surface area contributed by atoms with Crippen molar-refractivity contribution < 1.29 is 4.79 Å². The molecule has 2 N–H and O–H groups in total. The third-order valence-electron chi connectivity index (χ3n) is 5.68. The zero-order chi connectivity index (χ0) is 24.5. The molecule has 0 saturated heterocycles. The molecule has 2 aromatic heterocycles. The summed E-state index contributed by atoms with van der Waals surface area (Å²) in [4.78, 5) is 28.7. The predicted molar refractivity (Wildman–Crippen MR) is 146 cm³/mol. The zero-order valence-corrected chi connectivity index (χ0v) is 21.3. The van der Waals surface area contributed by atoms with Gasteiger partial charge in [0.25, 0.3) is 5.56 Å². The minimum absolute atomic E-state index is 0.0617. The quantitative estimate of drug-likeness (QED) is 0.216. The second-order valence-corrected chi connectivity index (χ2v) is 9.43. The maximum Gasteiger partial charge on any atom is 0.267 e. The van der Waals surface area contributed by atoms with Crippen LogP contribution < -0.4 is 11.3 Å². The van der Waals surface area contributed by atoms with Gasteiger partial charge in [-0.3, -0.25) is 9.59 Å². The number of hydrogen-bond donors (Lipinski definition) is 1. The van der Waals surface area contributed by atoms with Crippen molar-refractivity contribution in [2.75, 3.05) is 5.73 Å². The van der Waals surface area contributed by atoms with Gasteiger partial charge in [-0.15, -0.1) is 0 Å². The van der Waals surface area contributed by atoms with Gasteiger partial charge in [0, 0.05) is 39.8 Å². The molecule has 0 saturated carbocycles. The third-order valence-corrected chi connectivity index (χ3v) is 6.64. The van der Waals surface area contributed by atoms with Crippen molar-refractivity contribution in [3.05, 3.63) is 111 Å². The van der Waals surface area contributed by atoms with Gasteiger partial charge in [0.2, 0.25) is 9.74 Å². The average Bonchev–Trinajstić information content (AvgIpc) is 3.17. The number of carbonyl (C=O) groups is 1.